The number of nitrogens with one attached hydrogen (secondary N) is 2. The zero-order valence-corrected chi connectivity index (χ0v) is 16.5. The molecular weight excluding hydrogens is 412 g/mol. The fraction of sp³-hybridized carbons (Fsp3) is 0.300. The molecule has 0 spiro atoms. The molecule has 1 aliphatic rings. The van der Waals surface area contributed by atoms with Crippen molar-refractivity contribution in [2.75, 3.05) is 49.5 Å². The average Bonchev–Trinajstić information content (AvgIpc) is 2.76. The van der Waals surface area contributed by atoms with E-state index in [1.807, 2.05) is 0 Å². The molecule has 2 aromatic carbocycles. The number of hydrogen-bond acceptors (Lipinski definition) is 6. The molecule has 0 radical (unpaired) electrons. The van der Waals surface area contributed by atoms with Crippen LogP contribution in [0.5, 0.6) is 0 Å². The second-order valence-corrected chi connectivity index (χ2v) is 6.94. The van der Waals surface area contributed by atoms with Gasteiger partial charge >= 0.3 is 17.5 Å². The van der Waals surface area contributed by atoms with Crippen LogP contribution in [-0.4, -0.2) is 60.9 Å². The van der Waals surface area contributed by atoms with Gasteiger partial charge < -0.3 is 15.5 Å². The van der Waals surface area contributed by atoms with Crippen LogP contribution in [0.3, 0.4) is 0 Å². The molecule has 3 rings (SSSR count). The Morgan fingerprint density at radius 1 is 1.00 bits per heavy atom. The molecule has 0 atom stereocenters. The fourth-order valence-corrected chi connectivity index (χ4v) is 3.21. The third-order valence-corrected chi connectivity index (χ3v) is 4.88. The Kier molecular flexibility index (Phi) is 7.08. The van der Waals surface area contributed by atoms with Gasteiger partial charge in [0, 0.05) is 56.7 Å². The van der Waals surface area contributed by atoms with Gasteiger partial charge in [0.2, 0.25) is 5.82 Å². The number of anilines is 2. The van der Waals surface area contributed by atoms with E-state index in [-0.39, 0.29) is 18.0 Å². The Morgan fingerprint density at radius 2 is 1.68 bits per heavy atom. The number of nitro benzene ring substituents is 1. The van der Waals surface area contributed by atoms with Crippen LogP contribution in [-0.2, 0) is 9.59 Å². The first-order valence-corrected chi connectivity index (χ1v) is 9.59. The van der Waals surface area contributed by atoms with Crippen LogP contribution in [0.1, 0.15) is 0 Å². The minimum absolute atomic E-state index is 0.0508. The van der Waals surface area contributed by atoms with E-state index < -0.39 is 28.2 Å². The molecule has 9 nitrogen and oxygen atoms in total. The Balaban J connectivity index is 1.40. The van der Waals surface area contributed by atoms with E-state index in [9.17, 15) is 28.5 Å². The third kappa shape index (κ3) is 5.95. The topological polar surface area (TPSA) is 108 Å². The fourth-order valence-electron chi connectivity index (χ4n) is 3.21. The molecular formula is C20H21F2N5O4. The Bertz CT molecular complexity index is 963. The van der Waals surface area contributed by atoms with Gasteiger partial charge in [0.1, 0.15) is 5.82 Å². The molecule has 2 N–H and O–H groups in total. The van der Waals surface area contributed by atoms with E-state index in [4.69, 9.17) is 0 Å². The first kappa shape index (κ1) is 22.1. The van der Waals surface area contributed by atoms with Gasteiger partial charge in [0.25, 0.3) is 0 Å². The van der Waals surface area contributed by atoms with Crippen molar-refractivity contribution in [2.45, 2.75) is 0 Å². The summed E-state index contributed by atoms with van der Waals surface area (Å²) >= 11 is 0. The molecule has 1 heterocycles. The van der Waals surface area contributed by atoms with Gasteiger partial charge in [0.05, 0.1) is 4.92 Å². The van der Waals surface area contributed by atoms with Gasteiger partial charge in [0.15, 0.2) is 0 Å². The van der Waals surface area contributed by atoms with Crippen LogP contribution in [0, 0.1) is 21.7 Å². The summed E-state index contributed by atoms with van der Waals surface area (Å²) in [5, 5.41) is 15.5. The molecule has 1 aliphatic heterocycles. The molecule has 0 unspecified atom stereocenters. The lowest BCUT2D eigenvalue weighted by molar-refractivity contribution is -0.387. The van der Waals surface area contributed by atoms with Gasteiger partial charge in [-0.05, 0) is 36.4 Å². The maximum absolute atomic E-state index is 13.3. The summed E-state index contributed by atoms with van der Waals surface area (Å²) in [7, 11) is 0. The number of rotatable bonds is 6. The summed E-state index contributed by atoms with van der Waals surface area (Å²) in [6.45, 7) is 3.79. The van der Waals surface area contributed by atoms with Crippen molar-refractivity contribution in [3.63, 3.8) is 0 Å². The summed E-state index contributed by atoms with van der Waals surface area (Å²) in [5.41, 5.74) is 0.107. The number of halogens is 2. The quantitative estimate of drug-likeness (QED) is 0.408. The molecule has 0 bridgehead atoms. The Morgan fingerprint density at radius 3 is 2.32 bits per heavy atom. The van der Waals surface area contributed by atoms with E-state index in [1.165, 1.54) is 12.1 Å². The minimum atomic E-state index is -1.04. The standard InChI is InChI=1S/C20H21F2N5O4/c21-14-1-4-16(5-2-14)26-11-9-25(10-12-26)8-7-23-19(28)20(29)24-15-3-6-17(22)18(13-15)27(30)31/h1-6,13H,7-12H2,(H,23,28)(H,24,29). The monoisotopic (exact) mass is 433 g/mol. The number of nitro groups is 1. The van der Waals surface area contributed by atoms with Crippen LogP contribution in [0.25, 0.3) is 0 Å². The molecule has 0 saturated carbocycles. The Labute approximate surface area is 176 Å². The van der Waals surface area contributed by atoms with E-state index in [1.54, 1.807) is 12.1 Å². The molecule has 1 saturated heterocycles. The normalized spacial score (nSPS) is 14.2. The highest BCUT2D eigenvalue weighted by Crippen LogP contribution is 2.21. The van der Waals surface area contributed by atoms with Gasteiger partial charge in [-0.1, -0.05) is 0 Å². The second kappa shape index (κ2) is 9.94. The highest BCUT2D eigenvalue weighted by Gasteiger charge is 2.20. The predicted octanol–water partition coefficient (Wildman–Crippen LogP) is 1.75. The molecule has 0 aliphatic carbocycles. The van der Waals surface area contributed by atoms with Crippen LogP contribution in [0.15, 0.2) is 42.5 Å². The van der Waals surface area contributed by atoms with Gasteiger partial charge in [-0.2, -0.15) is 4.39 Å². The van der Waals surface area contributed by atoms with Crippen LogP contribution in [0.2, 0.25) is 0 Å². The third-order valence-electron chi connectivity index (χ3n) is 4.88. The molecule has 31 heavy (non-hydrogen) atoms. The number of carbonyl (C=O) groups excluding carboxylic acids is 2. The van der Waals surface area contributed by atoms with Gasteiger partial charge in [-0.3, -0.25) is 24.6 Å². The number of hydrogen-bond donors (Lipinski definition) is 2. The lowest BCUT2D eigenvalue weighted by atomic mass is 10.2. The maximum Gasteiger partial charge on any atom is 0.313 e. The lowest BCUT2D eigenvalue weighted by Gasteiger charge is -2.36. The van der Waals surface area contributed by atoms with Gasteiger partial charge in [-0.25, -0.2) is 4.39 Å². The summed E-state index contributed by atoms with van der Waals surface area (Å²) in [4.78, 5) is 38.0. The molecule has 164 valence electrons. The number of piperazine rings is 1. The smallest absolute Gasteiger partial charge is 0.313 e. The summed E-state index contributed by atoms with van der Waals surface area (Å²) in [6.07, 6.45) is 0. The van der Waals surface area contributed by atoms with Crippen molar-refractivity contribution in [1.82, 2.24) is 10.2 Å². The van der Waals surface area contributed by atoms with E-state index in [0.717, 1.165) is 50.1 Å². The van der Waals surface area contributed by atoms with Crippen molar-refractivity contribution in [1.29, 1.82) is 0 Å². The number of carbonyl (C=O) groups is 2. The van der Waals surface area contributed by atoms with Crippen molar-refractivity contribution < 1.29 is 23.3 Å². The van der Waals surface area contributed by atoms with Crippen molar-refractivity contribution in [2.24, 2.45) is 0 Å². The largest absolute Gasteiger partial charge is 0.369 e. The minimum Gasteiger partial charge on any atom is -0.369 e. The summed E-state index contributed by atoms with van der Waals surface area (Å²) in [5.74, 6) is -3.20. The van der Waals surface area contributed by atoms with Crippen LogP contribution < -0.4 is 15.5 Å². The molecule has 11 heteroatoms. The zero-order chi connectivity index (χ0) is 22.4. The highest BCUT2D eigenvalue weighted by atomic mass is 19.1. The van der Waals surface area contributed by atoms with E-state index >= 15 is 0 Å². The average molecular weight is 433 g/mol. The first-order chi connectivity index (χ1) is 14.8. The number of nitrogens with zero attached hydrogens (tertiary/aromatic N) is 3. The maximum atomic E-state index is 13.3. The summed E-state index contributed by atoms with van der Waals surface area (Å²) < 4.78 is 26.4. The predicted molar refractivity (Wildman–Crippen MR) is 110 cm³/mol. The van der Waals surface area contributed by atoms with Crippen LogP contribution in [0.4, 0.5) is 25.8 Å². The Hall–Kier alpha value is -3.60. The van der Waals surface area contributed by atoms with E-state index in [2.05, 4.69) is 20.4 Å². The van der Waals surface area contributed by atoms with Crippen molar-refractivity contribution >= 4 is 28.9 Å². The highest BCUT2D eigenvalue weighted by molar-refractivity contribution is 6.39. The molecule has 0 aromatic heterocycles. The van der Waals surface area contributed by atoms with Gasteiger partial charge in [-0.15, -0.1) is 0 Å². The van der Waals surface area contributed by atoms with Crippen molar-refractivity contribution in [3.05, 3.63) is 64.2 Å². The molecule has 1 fully saturated rings. The van der Waals surface area contributed by atoms with Crippen molar-refractivity contribution in [3.8, 4) is 0 Å². The lowest BCUT2D eigenvalue weighted by Crippen LogP contribution is -2.49. The second-order valence-electron chi connectivity index (χ2n) is 6.94. The van der Waals surface area contributed by atoms with Crippen LogP contribution >= 0.6 is 0 Å². The summed E-state index contributed by atoms with van der Waals surface area (Å²) in [6, 6.07) is 9.14. The number of benzene rings is 2. The molecule has 2 amide bonds. The zero-order valence-electron chi connectivity index (χ0n) is 16.5. The SMILES string of the molecule is O=C(NCCN1CCN(c2ccc(F)cc2)CC1)C(=O)Nc1ccc(F)c([N+](=O)[O-])c1. The van der Waals surface area contributed by atoms with E-state index in [0.29, 0.717) is 6.54 Å². The molecule has 2 aromatic rings. The first-order valence-electron chi connectivity index (χ1n) is 9.59. The number of amides is 2.